The van der Waals surface area contributed by atoms with Crippen LogP contribution in [0.5, 0.6) is 11.5 Å². The number of nitrogens with zero attached hydrogens (tertiary/aromatic N) is 3. The Balaban J connectivity index is 1.23. The van der Waals surface area contributed by atoms with Crippen molar-refractivity contribution in [2.24, 2.45) is 11.8 Å². The summed E-state index contributed by atoms with van der Waals surface area (Å²) in [5.41, 5.74) is 1.83. The molecule has 250 valence electrons. The lowest BCUT2D eigenvalue weighted by molar-refractivity contribution is -0.133. The molecule has 9 nitrogen and oxygen atoms in total. The molecule has 2 heterocycles. The maximum absolute atomic E-state index is 13.6. The molecule has 1 saturated heterocycles. The number of pyridine rings is 1. The third-order valence-electron chi connectivity index (χ3n) is 9.59. The summed E-state index contributed by atoms with van der Waals surface area (Å²) in [7, 11) is 0. The number of carbonyl (C=O) groups excluding carboxylic acids is 3. The average Bonchev–Trinajstić information content (AvgIpc) is 3.77. The highest BCUT2D eigenvalue weighted by atomic mass is 19.3. The molecule has 46 heavy (non-hydrogen) atoms. The van der Waals surface area contributed by atoms with Crippen LogP contribution in [0.4, 0.5) is 8.78 Å². The van der Waals surface area contributed by atoms with E-state index in [0.717, 1.165) is 37.8 Å². The third-order valence-corrected chi connectivity index (χ3v) is 9.59. The minimum atomic E-state index is -2.98. The number of aromatic nitrogens is 1. The van der Waals surface area contributed by atoms with Crippen molar-refractivity contribution in [1.82, 2.24) is 20.1 Å². The Morgan fingerprint density at radius 2 is 1.83 bits per heavy atom. The second-order valence-corrected chi connectivity index (χ2v) is 12.9. The van der Waals surface area contributed by atoms with E-state index in [9.17, 15) is 23.2 Å². The van der Waals surface area contributed by atoms with E-state index in [0.29, 0.717) is 30.3 Å². The lowest BCUT2D eigenvalue weighted by atomic mass is 9.91. The van der Waals surface area contributed by atoms with Crippen molar-refractivity contribution in [1.29, 1.82) is 0 Å². The van der Waals surface area contributed by atoms with Gasteiger partial charge in [-0.15, -0.1) is 0 Å². The van der Waals surface area contributed by atoms with Crippen molar-refractivity contribution < 1.29 is 32.6 Å². The van der Waals surface area contributed by atoms with Gasteiger partial charge < -0.3 is 24.6 Å². The van der Waals surface area contributed by atoms with Crippen molar-refractivity contribution in [2.75, 3.05) is 19.7 Å². The maximum atomic E-state index is 13.6. The zero-order valence-corrected chi connectivity index (χ0v) is 27.1. The van der Waals surface area contributed by atoms with Crippen molar-refractivity contribution in [2.45, 2.75) is 103 Å². The first-order chi connectivity index (χ1) is 22.1. The highest BCUT2D eigenvalue weighted by Gasteiger charge is 2.40. The fraction of sp³-hybridized carbons (Fsp3) is 0.600. The van der Waals surface area contributed by atoms with E-state index in [4.69, 9.17) is 4.74 Å². The van der Waals surface area contributed by atoms with Crippen LogP contribution in [0.25, 0.3) is 0 Å². The molecule has 1 unspecified atom stereocenters. The van der Waals surface area contributed by atoms with Crippen LogP contribution in [-0.4, -0.2) is 70.9 Å². The number of hydrogen-bond donors (Lipinski definition) is 1. The van der Waals surface area contributed by atoms with Gasteiger partial charge >= 0.3 is 6.61 Å². The van der Waals surface area contributed by atoms with Crippen LogP contribution >= 0.6 is 0 Å². The van der Waals surface area contributed by atoms with E-state index in [1.165, 1.54) is 32.3 Å². The van der Waals surface area contributed by atoms with Gasteiger partial charge in [0.2, 0.25) is 11.8 Å². The van der Waals surface area contributed by atoms with Crippen molar-refractivity contribution >= 4 is 17.7 Å². The molecule has 3 amide bonds. The molecular formula is C35H46F2N4O5. The monoisotopic (exact) mass is 640 g/mol. The standard InChI is InChI=1S/C35H46F2N4O5/c1-4-45-32-18-25(15-16-31(32)46-35(36)37)26-17-30(40(21-26)23(3)42)22(2)33(43)38-19-27-9-8-12-29(39-27)34(44)41(20-24-13-14-24)28-10-6-5-7-11-28/h8-9,12,15-16,18,22,24,26,28,30,35H,4-7,10-11,13-14,17,19-21H2,1-3H3,(H,38,43)/t22-,26?,30-/m1/s1. The van der Waals surface area contributed by atoms with Crippen molar-refractivity contribution in [3.05, 3.63) is 53.3 Å². The molecule has 0 spiro atoms. The van der Waals surface area contributed by atoms with Crippen LogP contribution in [-0.2, 0) is 16.1 Å². The normalized spacial score (nSPS) is 20.8. The van der Waals surface area contributed by atoms with Gasteiger partial charge in [0.05, 0.1) is 24.8 Å². The SMILES string of the molecule is CCOc1cc(C2C[C@H]([C@@H](C)C(=O)NCc3cccc(C(=O)N(CC4CC4)C4CCCCC4)n3)N(C(C)=O)C2)ccc1OC(F)F. The Morgan fingerprint density at radius 3 is 2.50 bits per heavy atom. The fourth-order valence-electron chi connectivity index (χ4n) is 6.91. The van der Waals surface area contributed by atoms with Crippen LogP contribution in [0.1, 0.15) is 99.8 Å². The second-order valence-electron chi connectivity index (χ2n) is 12.9. The Labute approximate surface area is 270 Å². The molecule has 5 rings (SSSR count). The minimum absolute atomic E-state index is 0.0317. The molecular weight excluding hydrogens is 594 g/mol. The lowest BCUT2D eigenvalue weighted by Crippen LogP contribution is -2.44. The summed E-state index contributed by atoms with van der Waals surface area (Å²) in [5, 5.41) is 2.97. The van der Waals surface area contributed by atoms with Crippen LogP contribution < -0.4 is 14.8 Å². The molecule has 11 heteroatoms. The number of benzene rings is 1. The summed E-state index contributed by atoms with van der Waals surface area (Å²) >= 11 is 0. The quantitative estimate of drug-likeness (QED) is 0.292. The van der Waals surface area contributed by atoms with Gasteiger partial charge in [0.1, 0.15) is 5.69 Å². The van der Waals surface area contributed by atoms with E-state index < -0.39 is 12.5 Å². The number of hydrogen-bond acceptors (Lipinski definition) is 6. The Kier molecular flexibility index (Phi) is 11.1. The lowest BCUT2D eigenvalue weighted by Gasteiger charge is -2.34. The number of nitrogens with one attached hydrogen (secondary N) is 1. The predicted molar refractivity (Wildman–Crippen MR) is 169 cm³/mol. The molecule has 0 radical (unpaired) electrons. The first-order valence-electron chi connectivity index (χ1n) is 16.7. The van der Waals surface area contributed by atoms with Gasteiger partial charge in [-0.1, -0.05) is 38.3 Å². The Hall–Kier alpha value is -3.76. The molecule has 1 N–H and O–H groups in total. The summed E-state index contributed by atoms with van der Waals surface area (Å²) in [6, 6.07) is 10.1. The van der Waals surface area contributed by atoms with Crippen LogP contribution in [0.3, 0.4) is 0 Å². The topological polar surface area (TPSA) is 101 Å². The molecule has 3 aliphatic rings. The number of rotatable bonds is 13. The summed E-state index contributed by atoms with van der Waals surface area (Å²) in [5.74, 6) is -0.272. The fourth-order valence-corrected chi connectivity index (χ4v) is 6.91. The molecule has 1 aromatic heterocycles. The van der Waals surface area contributed by atoms with Gasteiger partial charge in [0.15, 0.2) is 11.5 Å². The van der Waals surface area contributed by atoms with Crippen LogP contribution in [0.15, 0.2) is 36.4 Å². The summed E-state index contributed by atoms with van der Waals surface area (Å²) in [6.45, 7) is 3.69. The van der Waals surface area contributed by atoms with E-state index in [1.54, 1.807) is 43.0 Å². The molecule has 3 atom stereocenters. The number of ether oxygens (including phenoxy) is 2. The first kappa shape index (κ1) is 33.6. The molecule has 2 aliphatic carbocycles. The van der Waals surface area contributed by atoms with Gasteiger partial charge in [-0.05, 0) is 74.8 Å². The number of carbonyl (C=O) groups is 3. The number of alkyl halides is 2. The van der Waals surface area contributed by atoms with Gasteiger partial charge in [-0.2, -0.15) is 8.78 Å². The van der Waals surface area contributed by atoms with E-state index in [1.807, 2.05) is 11.0 Å². The first-order valence-corrected chi connectivity index (χ1v) is 16.7. The average molecular weight is 641 g/mol. The van der Waals surface area contributed by atoms with Gasteiger partial charge in [-0.25, -0.2) is 4.98 Å². The summed E-state index contributed by atoms with van der Waals surface area (Å²) < 4.78 is 35.9. The van der Waals surface area contributed by atoms with Crippen LogP contribution in [0, 0.1) is 11.8 Å². The molecule has 1 aromatic carbocycles. The van der Waals surface area contributed by atoms with E-state index >= 15 is 0 Å². The van der Waals surface area contributed by atoms with E-state index in [-0.39, 0.29) is 60.4 Å². The number of likely N-dealkylation sites (tertiary alicyclic amines) is 1. The van der Waals surface area contributed by atoms with E-state index in [2.05, 4.69) is 15.0 Å². The maximum Gasteiger partial charge on any atom is 0.387 e. The zero-order valence-electron chi connectivity index (χ0n) is 27.1. The second kappa shape index (κ2) is 15.2. The molecule has 2 saturated carbocycles. The van der Waals surface area contributed by atoms with Crippen molar-refractivity contribution in [3.8, 4) is 11.5 Å². The minimum Gasteiger partial charge on any atom is -0.490 e. The van der Waals surface area contributed by atoms with Crippen LogP contribution in [0.2, 0.25) is 0 Å². The van der Waals surface area contributed by atoms with Gasteiger partial charge in [0.25, 0.3) is 5.91 Å². The number of amides is 3. The largest absolute Gasteiger partial charge is 0.490 e. The predicted octanol–water partition coefficient (Wildman–Crippen LogP) is 5.92. The summed E-state index contributed by atoms with van der Waals surface area (Å²) in [4.78, 5) is 48.1. The Bertz CT molecular complexity index is 1380. The molecule has 2 aromatic rings. The molecule has 3 fully saturated rings. The number of halogens is 2. The van der Waals surface area contributed by atoms with Crippen molar-refractivity contribution in [3.63, 3.8) is 0 Å². The Morgan fingerprint density at radius 1 is 1.07 bits per heavy atom. The zero-order chi connectivity index (χ0) is 32.8. The molecule has 0 bridgehead atoms. The third kappa shape index (κ3) is 8.33. The van der Waals surface area contributed by atoms with Gasteiger partial charge in [0, 0.05) is 38.0 Å². The highest BCUT2D eigenvalue weighted by Crippen LogP contribution is 2.39. The summed E-state index contributed by atoms with van der Waals surface area (Å²) in [6.07, 6.45) is 8.47. The van der Waals surface area contributed by atoms with Gasteiger partial charge in [-0.3, -0.25) is 14.4 Å². The smallest absolute Gasteiger partial charge is 0.387 e. The highest BCUT2D eigenvalue weighted by molar-refractivity contribution is 5.92. The molecule has 1 aliphatic heterocycles.